The molecule has 114 valence electrons. The zero-order chi connectivity index (χ0) is 14.9. The van der Waals surface area contributed by atoms with Crippen LogP contribution in [0.2, 0.25) is 0 Å². The van der Waals surface area contributed by atoms with E-state index < -0.39 is 0 Å². The van der Waals surface area contributed by atoms with Gasteiger partial charge >= 0.3 is 0 Å². The Morgan fingerprint density at radius 1 is 1.24 bits per heavy atom. The highest BCUT2D eigenvalue weighted by molar-refractivity contribution is 5.97. The lowest BCUT2D eigenvalue weighted by Crippen LogP contribution is -2.24. The van der Waals surface area contributed by atoms with Crippen molar-refractivity contribution in [2.75, 3.05) is 19.7 Å². The van der Waals surface area contributed by atoms with Crippen LogP contribution in [0.3, 0.4) is 0 Å². The van der Waals surface area contributed by atoms with E-state index in [4.69, 9.17) is 4.74 Å². The van der Waals surface area contributed by atoms with E-state index in [1.54, 1.807) is 5.57 Å². The molecule has 0 radical (unpaired) electrons. The van der Waals surface area contributed by atoms with E-state index in [-0.39, 0.29) is 5.78 Å². The maximum absolute atomic E-state index is 12.0. The predicted molar refractivity (Wildman–Crippen MR) is 86.0 cm³/mol. The number of hydrogen-bond acceptors (Lipinski definition) is 3. The summed E-state index contributed by atoms with van der Waals surface area (Å²) in [6.45, 7) is 3.88. The minimum atomic E-state index is 0.135. The van der Waals surface area contributed by atoms with Crippen molar-refractivity contribution in [1.82, 2.24) is 5.32 Å². The second kappa shape index (κ2) is 8.63. The first-order chi connectivity index (χ1) is 10.3. The van der Waals surface area contributed by atoms with Gasteiger partial charge in [0, 0.05) is 5.56 Å². The first-order valence-corrected chi connectivity index (χ1v) is 7.94. The summed E-state index contributed by atoms with van der Waals surface area (Å²) < 4.78 is 5.37. The Kier molecular flexibility index (Phi) is 6.48. The molecule has 1 N–H and O–H groups in total. The van der Waals surface area contributed by atoms with Crippen LogP contribution in [0.15, 0.2) is 35.9 Å². The molecule has 0 saturated carbocycles. The molecule has 1 aromatic rings. The van der Waals surface area contributed by atoms with Crippen molar-refractivity contribution in [3.05, 3.63) is 41.5 Å². The molecule has 3 heteroatoms. The van der Waals surface area contributed by atoms with Gasteiger partial charge in [0.1, 0.15) is 5.75 Å². The van der Waals surface area contributed by atoms with E-state index in [1.807, 2.05) is 31.2 Å². The smallest absolute Gasteiger partial charge is 0.176 e. The number of carbonyl (C=O) groups excluding carboxylic acids is 1. The third-order valence-electron chi connectivity index (χ3n) is 3.78. The average molecular weight is 287 g/mol. The lowest BCUT2D eigenvalue weighted by atomic mass is 9.97. The van der Waals surface area contributed by atoms with Gasteiger partial charge in [0.05, 0.1) is 13.2 Å². The molecule has 3 nitrogen and oxygen atoms in total. The number of ketones is 1. The molecule has 0 saturated heterocycles. The quantitative estimate of drug-likeness (QED) is 0.449. The molecule has 1 aliphatic carbocycles. The summed E-state index contributed by atoms with van der Waals surface area (Å²) in [6.07, 6.45) is 8.52. The second-order valence-electron chi connectivity index (χ2n) is 5.42. The molecular formula is C18H25NO2. The van der Waals surface area contributed by atoms with E-state index in [0.717, 1.165) is 24.3 Å². The first kappa shape index (κ1) is 15.8. The average Bonchev–Trinajstić information content (AvgIpc) is 2.53. The number of benzene rings is 1. The van der Waals surface area contributed by atoms with Gasteiger partial charge in [-0.1, -0.05) is 11.6 Å². The maximum atomic E-state index is 12.0. The highest BCUT2D eigenvalue weighted by atomic mass is 16.5. The molecule has 0 aromatic heterocycles. The van der Waals surface area contributed by atoms with Crippen LogP contribution in [0.25, 0.3) is 0 Å². The van der Waals surface area contributed by atoms with Gasteiger partial charge in [-0.25, -0.2) is 0 Å². The standard InChI is InChI=1S/C18H25NO2/c1-2-21-17-10-8-16(9-11-17)18(20)14-19-13-12-15-6-4-3-5-7-15/h6,8-11,19H,2-5,7,12-14H2,1H3. The van der Waals surface area contributed by atoms with Crippen LogP contribution in [-0.2, 0) is 0 Å². The topological polar surface area (TPSA) is 38.3 Å². The highest BCUT2D eigenvalue weighted by Gasteiger charge is 2.07. The SMILES string of the molecule is CCOc1ccc(C(=O)CNCCC2=CCCCC2)cc1. The summed E-state index contributed by atoms with van der Waals surface area (Å²) in [4.78, 5) is 12.0. The molecule has 2 rings (SSSR count). The molecule has 0 spiro atoms. The first-order valence-electron chi connectivity index (χ1n) is 7.94. The minimum absolute atomic E-state index is 0.135. The Balaban J connectivity index is 1.70. The molecular weight excluding hydrogens is 262 g/mol. The van der Waals surface area contributed by atoms with E-state index in [0.29, 0.717) is 13.2 Å². The Hall–Kier alpha value is -1.61. The Morgan fingerprint density at radius 3 is 2.71 bits per heavy atom. The molecule has 0 heterocycles. The Bertz CT molecular complexity index is 476. The summed E-state index contributed by atoms with van der Waals surface area (Å²) in [6, 6.07) is 7.37. The van der Waals surface area contributed by atoms with Crippen LogP contribution in [0.4, 0.5) is 0 Å². The van der Waals surface area contributed by atoms with Gasteiger partial charge in [-0.3, -0.25) is 4.79 Å². The third-order valence-corrected chi connectivity index (χ3v) is 3.78. The summed E-state index contributed by atoms with van der Waals surface area (Å²) in [7, 11) is 0. The molecule has 0 atom stereocenters. The monoisotopic (exact) mass is 287 g/mol. The lowest BCUT2D eigenvalue weighted by Gasteiger charge is -2.12. The predicted octanol–water partition coefficient (Wildman–Crippen LogP) is 3.75. The molecule has 0 fully saturated rings. The van der Waals surface area contributed by atoms with Crippen LogP contribution in [0.1, 0.15) is 49.4 Å². The zero-order valence-electron chi connectivity index (χ0n) is 12.9. The number of carbonyl (C=O) groups is 1. The molecule has 21 heavy (non-hydrogen) atoms. The van der Waals surface area contributed by atoms with Crippen LogP contribution in [-0.4, -0.2) is 25.5 Å². The normalized spacial score (nSPS) is 14.6. The van der Waals surface area contributed by atoms with Crippen molar-refractivity contribution >= 4 is 5.78 Å². The number of rotatable bonds is 8. The van der Waals surface area contributed by atoms with E-state index in [1.165, 1.54) is 25.7 Å². The zero-order valence-corrected chi connectivity index (χ0v) is 12.9. The molecule has 0 aliphatic heterocycles. The van der Waals surface area contributed by atoms with E-state index >= 15 is 0 Å². The van der Waals surface area contributed by atoms with E-state index in [9.17, 15) is 4.79 Å². The Labute approximate surface area is 127 Å². The van der Waals surface area contributed by atoms with Crippen molar-refractivity contribution in [3.8, 4) is 5.75 Å². The Morgan fingerprint density at radius 2 is 2.05 bits per heavy atom. The van der Waals surface area contributed by atoms with Gasteiger partial charge in [-0.15, -0.1) is 0 Å². The number of nitrogens with one attached hydrogen (secondary N) is 1. The minimum Gasteiger partial charge on any atom is -0.494 e. The molecule has 0 bridgehead atoms. The summed E-state index contributed by atoms with van der Waals surface area (Å²) >= 11 is 0. The fourth-order valence-corrected chi connectivity index (χ4v) is 2.59. The lowest BCUT2D eigenvalue weighted by molar-refractivity contribution is 0.0991. The van der Waals surface area contributed by atoms with Crippen molar-refractivity contribution in [1.29, 1.82) is 0 Å². The van der Waals surface area contributed by atoms with Gasteiger partial charge in [0.2, 0.25) is 0 Å². The van der Waals surface area contributed by atoms with E-state index in [2.05, 4.69) is 11.4 Å². The van der Waals surface area contributed by atoms with Gasteiger partial charge in [0.15, 0.2) is 5.78 Å². The molecule has 0 amide bonds. The van der Waals surface area contributed by atoms with Gasteiger partial charge in [-0.05, 0) is 69.8 Å². The molecule has 0 unspecified atom stereocenters. The van der Waals surface area contributed by atoms with Crippen molar-refractivity contribution in [3.63, 3.8) is 0 Å². The van der Waals surface area contributed by atoms with Crippen LogP contribution >= 0.6 is 0 Å². The largest absolute Gasteiger partial charge is 0.494 e. The van der Waals surface area contributed by atoms with Crippen LogP contribution in [0, 0.1) is 0 Å². The van der Waals surface area contributed by atoms with Crippen LogP contribution < -0.4 is 10.1 Å². The molecule has 1 aromatic carbocycles. The highest BCUT2D eigenvalue weighted by Crippen LogP contribution is 2.19. The fourth-order valence-electron chi connectivity index (χ4n) is 2.59. The third kappa shape index (κ3) is 5.35. The van der Waals surface area contributed by atoms with Gasteiger partial charge in [-0.2, -0.15) is 0 Å². The van der Waals surface area contributed by atoms with Crippen LogP contribution in [0.5, 0.6) is 5.75 Å². The number of ether oxygens (including phenoxy) is 1. The van der Waals surface area contributed by atoms with Gasteiger partial charge < -0.3 is 10.1 Å². The summed E-state index contributed by atoms with van der Waals surface area (Å²) in [5, 5.41) is 3.25. The second-order valence-corrected chi connectivity index (χ2v) is 5.42. The fraction of sp³-hybridized carbons (Fsp3) is 0.500. The molecule has 1 aliphatic rings. The number of allylic oxidation sites excluding steroid dienone is 1. The summed E-state index contributed by atoms with van der Waals surface area (Å²) in [5.74, 6) is 0.946. The van der Waals surface area contributed by atoms with Crippen molar-refractivity contribution in [2.45, 2.75) is 39.0 Å². The number of Topliss-reactive ketones (excluding diaryl/α,β-unsaturated/α-hetero) is 1. The van der Waals surface area contributed by atoms with Crippen molar-refractivity contribution < 1.29 is 9.53 Å². The maximum Gasteiger partial charge on any atom is 0.176 e. The summed E-state index contributed by atoms with van der Waals surface area (Å²) in [5.41, 5.74) is 2.28. The number of hydrogen-bond donors (Lipinski definition) is 1. The van der Waals surface area contributed by atoms with Crippen molar-refractivity contribution in [2.24, 2.45) is 0 Å². The van der Waals surface area contributed by atoms with Gasteiger partial charge in [0.25, 0.3) is 0 Å².